The van der Waals surface area contributed by atoms with Gasteiger partial charge in [-0.2, -0.15) is 4.39 Å². The van der Waals surface area contributed by atoms with E-state index in [0.29, 0.717) is 6.42 Å². The summed E-state index contributed by atoms with van der Waals surface area (Å²) in [7, 11) is 1.58. The average molecular weight is 314 g/mol. The number of benzene rings is 1. The molecular weight excluding hydrogens is 293 g/mol. The third kappa shape index (κ3) is 1.84. The van der Waals surface area contributed by atoms with Crippen molar-refractivity contribution >= 4 is 0 Å². The second-order valence-electron chi connectivity index (χ2n) is 7.14. The van der Waals surface area contributed by atoms with Gasteiger partial charge in [-0.15, -0.1) is 0 Å². The van der Waals surface area contributed by atoms with Crippen molar-refractivity contribution in [1.82, 2.24) is 0 Å². The highest BCUT2D eigenvalue weighted by Crippen LogP contribution is 2.64. The Balaban J connectivity index is 2.22. The van der Waals surface area contributed by atoms with Gasteiger partial charge in [-0.3, -0.25) is 0 Å². The molecule has 0 aromatic heterocycles. The molecule has 0 saturated heterocycles. The summed E-state index contributed by atoms with van der Waals surface area (Å²) in [5.74, 6) is -4.07. The maximum Gasteiger partial charge on any atom is 0.204 e. The zero-order valence-corrected chi connectivity index (χ0v) is 13.5. The van der Waals surface area contributed by atoms with Crippen molar-refractivity contribution in [3.63, 3.8) is 0 Å². The van der Waals surface area contributed by atoms with Crippen LogP contribution in [0, 0.1) is 22.9 Å². The molecule has 0 unspecified atom stereocenters. The van der Waals surface area contributed by atoms with Gasteiger partial charge in [0.2, 0.25) is 5.82 Å². The van der Waals surface area contributed by atoms with E-state index in [0.717, 1.165) is 0 Å². The molecule has 0 amide bonds. The van der Waals surface area contributed by atoms with Crippen LogP contribution >= 0.6 is 0 Å². The van der Waals surface area contributed by atoms with Crippen molar-refractivity contribution in [2.75, 3.05) is 7.11 Å². The third-order valence-corrected chi connectivity index (χ3v) is 5.17. The zero-order chi connectivity index (χ0) is 16.4. The van der Waals surface area contributed by atoms with Crippen LogP contribution in [-0.2, 0) is 4.74 Å². The Morgan fingerprint density at radius 2 is 1.68 bits per heavy atom. The van der Waals surface area contributed by atoms with E-state index in [2.05, 4.69) is 0 Å². The first kappa shape index (κ1) is 15.7. The molecule has 0 heterocycles. The predicted octanol–water partition coefficient (Wildman–Crippen LogP) is 4.52. The van der Waals surface area contributed by atoms with E-state index in [4.69, 9.17) is 9.47 Å². The summed E-state index contributed by atoms with van der Waals surface area (Å²) < 4.78 is 54.4. The lowest BCUT2D eigenvalue weighted by atomic mass is 9.71. The van der Waals surface area contributed by atoms with Crippen molar-refractivity contribution in [2.24, 2.45) is 5.41 Å². The molecule has 0 aliphatic heterocycles. The minimum Gasteiger partial charge on any atom is -0.485 e. The quantitative estimate of drug-likeness (QED) is 0.764. The molecule has 0 radical (unpaired) electrons. The fourth-order valence-electron chi connectivity index (χ4n) is 4.34. The van der Waals surface area contributed by atoms with Gasteiger partial charge in [0.1, 0.15) is 0 Å². The van der Waals surface area contributed by atoms with E-state index in [1.54, 1.807) is 21.0 Å². The van der Waals surface area contributed by atoms with Crippen molar-refractivity contribution in [1.29, 1.82) is 0 Å². The summed E-state index contributed by atoms with van der Waals surface area (Å²) in [5, 5.41) is 0. The highest BCUT2D eigenvalue weighted by atomic mass is 19.2. The minimum atomic E-state index is -1.22. The fourth-order valence-corrected chi connectivity index (χ4v) is 4.34. The van der Waals surface area contributed by atoms with Crippen molar-refractivity contribution < 1.29 is 22.6 Å². The standard InChI is InChI=1S/C17H21F3O2/c1-7(2)22-15-13(19)10-8-6-9(11(10)12(18)14(15)20)17(3,4)16(8)21-5/h7-9,16H,6H2,1-5H3/t8-,9+,16+/m1/s1. The molecule has 5 heteroatoms. The molecular formula is C17H21F3O2. The topological polar surface area (TPSA) is 18.5 Å². The average Bonchev–Trinajstić information content (AvgIpc) is 2.93. The molecule has 0 spiro atoms. The summed E-state index contributed by atoms with van der Waals surface area (Å²) >= 11 is 0. The molecule has 22 heavy (non-hydrogen) atoms. The van der Waals surface area contributed by atoms with Crippen LogP contribution < -0.4 is 4.74 Å². The highest BCUT2D eigenvalue weighted by Gasteiger charge is 2.59. The lowest BCUT2D eigenvalue weighted by Gasteiger charge is -2.38. The van der Waals surface area contributed by atoms with Crippen LogP contribution in [0.15, 0.2) is 0 Å². The lowest BCUT2D eigenvalue weighted by molar-refractivity contribution is 0.00635. The van der Waals surface area contributed by atoms with Crippen LogP contribution in [0.5, 0.6) is 5.75 Å². The summed E-state index contributed by atoms with van der Waals surface area (Å²) in [6, 6.07) is 0. The molecule has 3 atom stereocenters. The number of ether oxygens (including phenoxy) is 2. The van der Waals surface area contributed by atoms with Gasteiger partial charge in [0, 0.05) is 24.2 Å². The molecule has 122 valence electrons. The second-order valence-corrected chi connectivity index (χ2v) is 7.14. The minimum absolute atomic E-state index is 0.175. The molecule has 1 aromatic rings. The number of fused-ring (bicyclic) bond motifs is 5. The van der Waals surface area contributed by atoms with E-state index in [-0.39, 0.29) is 34.5 Å². The summed E-state index contributed by atoms with van der Waals surface area (Å²) in [6.07, 6.45) is -0.0647. The lowest BCUT2D eigenvalue weighted by Crippen LogP contribution is -2.37. The first-order valence-electron chi connectivity index (χ1n) is 7.61. The maximum atomic E-state index is 14.8. The maximum absolute atomic E-state index is 14.8. The Hall–Kier alpha value is -1.23. The molecule has 2 bridgehead atoms. The van der Waals surface area contributed by atoms with Gasteiger partial charge in [0.25, 0.3) is 0 Å². The van der Waals surface area contributed by atoms with Gasteiger partial charge in [-0.25, -0.2) is 8.78 Å². The number of rotatable bonds is 3. The normalized spacial score (nSPS) is 28.3. The van der Waals surface area contributed by atoms with Gasteiger partial charge in [0.15, 0.2) is 17.4 Å². The Kier molecular flexibility index (Phi) is 3.47. The van der Waals surface area contributed by atoms with E-state index in [1.165, 1.54) is 0 Å². The van der Waals surface area contributed by atoms with Crippen molar-refractivity contribution in [3.8, 4) is 5.75 Å². The molecule has 2 aliphatic carbocycles. The van der Waals surface area contributed by atoms with Gasteiger partial charge in [0.05, 0.1) is 12.2 Å². The largest absolute Gasteiger partial charge is 0.485 e. The van der Waals surface area contributed by atoms with E-state index >= 15 is 0 Å². The molecule has 2 aliphatic rings. The van der Waals surface area contributed by atoms with Crippen molar-refractivity contribution in [2.45, 2.75) is 58.2 Å². The van der Waals surface area contributed by atoms with E-state index in [9.17, 15) is 13.2 Å². The molecule has 1 aromatic carbocycles. The second kappa shape index (κ2) is 4.88. The monoisotopic (exact) mass is 314 g/mol. The van der Waals surface area contributed by atoms with Crippen molar-refractivity contribution in [3.05, 3.63) is 28.6 Å². The van der Waals surface area contributed by atoms with E-state index in [1.807, 2.05) is 13.8 Å². The SMILES string of the molecule is CO[C@H]1[C@@H]2C[C@@H](c3c(F)c(F)c(OC(C)C)c(F)c32)C1(C)C. The number of halogens is 3. The van der Waals surface area contributed by atoms with Gasteiger partial charge >= 0.3 is 0 Å². The van der Waals surface area contributed by atoms with Crippen LogP contribution in [0.2, 0.25) is 0 Å². The number of methoxy groups -OCH3 is 1. The van der Waals surface area contributed by atoms with Gasteiger partial charge < -0.3 is 9.47 Å². The van der Waals surface area contributed by atoms with Crippen LogP contribution in [0.4, 0.5) is 13.2 Å². The van der Waals surface area contributed by atoms with Gasteiger partial charge in [-0.05, 0) is 31.6 Å². The smallest absolute Gasteiger partial charge is 0.204 e. The zero-order valence-electron chi connectivity index (χ0n) is 13.5. The Bertz CT molecular complexity index is 625. The Morgan fingerprint density at radius 1 is 1.05 bits per heavy atom. The first-order valence-corrected chi connectivity index (χ1v) is 7.61. The molecule has 1 fully saturated rings. The Labute approximate surface area is 128 Å². The molecule has 3 rings (SSSR count). The fraction of sp³-hybridized carbons (Fsp3) is 0.647. The third-order valence-electron chi connectivity index (χ3n) is 5.17. The summed E-state index contributed by atoms with van der Waals surface area (Å²) in [6.45, 7) is 7.22. The van der Waals surface area contributed by atoms with Crippen LogP contribution in [0.1, 0.15) is 57.1 Å². The van der Waals surface area contributed by atoms with E-state index < -0.39 is 29.3 Å². The number of hydrogen-bond acceptors (Lipinski definition) is 2. The molecule has 2 nitrogen and oxygen atoms in total. The van der Waals surface area contributed by atoms with Crippen LogP contribution in [-0.4, -0.2) is 19.3 Å². The molecule has 0 N–H and O–H groups in total. The highest BCUT2D eigenvalue weighted by molar-refractivity contribution is 5.51. The molecule has 1 saturated carbocycles. The van der Waals surface area contributed by atoms with Gasteiger partial charge in [-0.1, -0.05) is 13.8 Å². The number of hydrogen-bond donors (Lipinski definition) is 0. The first-order chi connectivity index (χ1) is 10.2. The Morgan fingerprint density at radius 3 is 2.23 bits per heavy atom. The summed E-state index contributed by atoms with van der Waals surface area (Å²) in [5.41, 5.74) is 0.0622. The summed E-state index contributed by atoms with van der Waals surface area (Å²) in [4.78, 5) is 0. The predicted molar refractivity (Wildman–Crippen MR) is 76.8 cm³/mol. The van der Waals surface area contributed by atoms with Crippen LogP contribution in [0.3, 0.4) is 0 Å². The van der Waals surface area contributed by atoms with Crippen LogP contribution in [0.25, 0.3) is 0 Å².